The van der Waals surface area contributed by atoms with Gasteiger partial charge in [0.2, 0.25) is 5.91 Å². The lowest BCUT2D eigenvalue weighted by atomic mass is 9.99. The number of para-hydroxylation sites is 1. The largest absolute Gasteiger partial charge is 0.457 e. The van der Waals surface area contributed by atoms with Crippen LogP contribution in [0.25, 0.3) is 0 Å². The van der Waals surface area contributed by atoms with Crippen molar-refractivity contribution in [3.8, 4) is 11.5 Å². The zero-order valence-corrected chi connectivity index (χ0v) is 22.6. The highest BCUT2D eigenvalue weighted by atomic mass is 16.5. The highest BCUT2D eigenvalue weighted by Crippen LogP contribution is 2.35. The maximum absolute atomic E-state index is 13.9. The first kappa shape index (κ1) is 26.1. The first-order chi connectivity index (χ1) is 18.9. The summed E-state index contributed by atoms with van der Waals surface area (Å²) in [5.74, 6) is 1.35. The summed E-state index contributed by atoms with van der Waals surface area (Å²) in [6.07, 6.45) is 2.05. The van der Waals surface area contributed by atoms with Crippen LogP contribution in [-0.2, 0) is 11.3 Å². The summed E-state index contributed by atoms with van der Waals surface area (Å²) in [6.45, 7) is 7.06. The quantitative estimate of drug-likeness (QED) is 0.303. The van der Waals surface area contributed by atoms with E-state index < -0.39 is 0 Å². The number of carbonyl (C=O) groups is 2. The Morgan fingerprint density at radius 1 is 0.923 bits per heavy atom. The molecule has 5 rings (SSSR count). The van der Waals surface area contributed by atoms with Crippen molar-refractivity contribution < 1.29 is 14.3 Å². The van der Waals surface area contributed by atoms with Crippen LogP contribution in [-0.4, -0.2) is 45.4 Å². The molecule has 1 aliphatic rings. The average Bonchev–Trinajstić information content (AvgIpc) is 3.42. The molecule has 0 saturated heterocycles. The van der Waals surface area contributed by atoms with Crippen molar-refractivity contribution >= 4 is 17.6 Å². The van der Waals surface area contributed by atoms with Crippen LogP contribution in [0.15, 0.2) is 97.2 Å². The normalized spacial score (nSPS) is 14.6. The third-order valence-electron chi connectivity index (χ3n) is 7.00. The molecule has 0 spiro atoms. The van der Waals surface area contributed by atoms with Crippen LogP contribution in [0.3, 0.4) is 0 Å². The molecule has 0 radical (unpaired) electrons. The minimum absolute atomic E-state index is 0.0211. The molecule has 1 aliphatic heterocycles. The third-order valence-corrected chi connectivity index (χ3v) is 7.00. The molecule has 0 fully saturated rings. The molecule has 4 aromatic rings. The van der Waals surface area contributed by atoms with E-state index in [1.165, 1.54) is 0 Å². The van der Waals surface area contributed by atoms with Gasteiger partial charge in [0.05, 0.1) is 6.04 Å². The molecule has 3 amide bonds. The van der Waals surface area contributed by atoms with Crippen LogP contribution in [0.2, 0.25) is 0 Å². The summed E-state index contributed by atoms with van der Waals surface area (Å²) >= 11 is 0. The minimum atomic E-state index is -0.297. The number of urea groups is 1. The highest BCUT2D eigenvalue weighted by Gasteiger charge is 2.34. The van der Waals surface area contributed by atoms with Gasteiger partial charge in [-0.3, -0.25) is 4.79 Å². The summed E-state index contributed by atoms with van der Waals surface area (Å²) in [4.78, 5) is 30.5. The molecule has 0 bridgehead atoms. The second-order valence-electron chi connectivity index (χ2n) is 10.1. The number of rotatable bonds is 7. The van der Waals surface area contributed by atoms with E-state index in [0.717, 1.165) is 22.6 Å². The highest BCUT2D eigenvalue weighted by molar-refractivity contribution is 5.92. The Hall–Kier alpha value is -4.52. The van der Waals surface area contributed by atoms with Crippen LogP contribution in [0.5, 0.6) is 11.5 Å². The van der Waals surface area contributed by atoms with Crippen molar-refractivity contribution in [3.63, 3.8) is 0 Å². The first-order valence-electron chi connectivity index (χ1n) is 13.3. The van der Waals surface area contributed by atoms with E-state index in [0.29, 0.717) is 24.5 Å². The standard InChI is InChI=1S/C32H34N4O3/c1-23(2)36(32(38)33-26-16-14-24(3)15-17-26)22-30(37)35-20-19-34-18-8-13-29(34)31(35)25-9-7-12-28(21-25)39-27-10-5-4-6-11-27/h4-18,21,23,31H,19-20,22H2,1-3H3,(H,33,38)/t31-/m0/s1. The van der Waals surface area contributed by atoms with E-state index >= 15 is 0 Å². The summed E-state index contributed by atoms with van der Waals surface area (Å²) in [5, 5.41) is 2.94. The van der Waals surface area contributed by atoms with Gasteiger partial charge in [0.25, 0.3) is 0 Å². The number of aromatic nitrogens is 1. The molecule has 2 heterocycles. The van der Waals surface area contributed by atoms with Crippen molar-refractivity contribution in [1.29, 1.82) is 0 Å². The van der Waals surface area contributed by atoms with Crippen LogP contribution < -0.4 is 10.1 Å². The SMILES string of the molecule is Cc1ccc(NC(=O)N(CC(=O)N2CCn3cccc3[C@@H]2c2cccc(Oc3ccccc3)c2)C(C)C)cc1. The van der Waals surface area contributed by atoms with Gasteiger partial charge in [0.15, 0.2) is 0 Å². The number of aryl methyl sites for hydroxylation is 1. The molecular formula is C32H34N4O3. The molecule has 3 aromatic carbocycles. The van der Waals surface area contributed by atoms with E-state index in [-0.39, 0.29) is 30.6 Å². The Kier molecular flexibility index (Phi) is 7.68. The topological polar surface area (TPSA) is 66.8 Å². The summed E-state index contributed by atoms with van der Waals surface area (Å²) in [5.41, 5.74) is 3.80. The van der Waals surface area contributed by atoms with Crippen LogP contribution in [0.4, 0.5) is 10.5 Å². The summed E-state index contributed by atoms with van der Waals surface area (Å²) in [6, 6.07) is 28.5. The number of benzene rings is 3. The molecule has 1 atom stereocenters. The number of nitrogens with zero attached hydrogens (tertiary/aromatic N) is 3. The van der Waals surface area contributed by atoms with Crippen LogP contribution in [0.1, 0.15) is 36.7 Å². The zero-order valence-electron chi connectivity index (χ0n) is 22.6. The fourth-order valence-corrected chi connectivity index (χ4v) is 4.93. The van der Waals surface area contributed by atoms with Crippen molar-refractivity contribution in [2.45, 2.75) is 39.4 Å². The van der Waals surface area contributed by atoms with E-state index in [4.69, 9.17) is 4.74 Å². The van der Waals surface area contributed by atoms with Crippen LogP contribution >= 0.6 is 0 Å². The average molecular weight is 523 g/mol. The minimum Gasteiger partial charge on any atom is -0.457 e. The maximum atomic E-state index is 13.9. The predicted molar refractivity (Wildman–Crippen MR) is 153 cm³/mol. The maximum Gasteiger partial charge on any atom is 0.322 e. The molecule has 0 saturated carbocycles. The molecule has 0 unspecified atom stereocenters. The molecule has 7 nitrogen and oxygen atoms in total. The second kappa shape index (κ2) is 11.5. The second-order valence-corrected chi connectivity index (χ2v) is 10.1. The fourth-order valence-electron chi connectivity index (χ4n) is 4.93. The van der Waals surface area contributed by atoms with Gasteiger partial charge in [-0.05, 0) is 74.9 Å². The number of nitrogens with one attached hydrogen (secondary N) is 1. The lowest BCUT2D eigenvalue weighted by Crippen LogP contribution is -2.50. The number of amides is 3. The van der Waals surface area contributed by atoms with Crippen molar-refractivity contribution in [3.05, 3.63) is 114 Å². The van der Waals surface area contributed by atoms with E-state index in [9.17, 15) is 9.59 Å². The first-order valence-corrected chi connectivity index (χ1v) is 13.3. The number of ether oxygens (including phenoxy) is 1. The van der Waals surface area contributed by atoms with Crippen molar-refractivity contribution in [2.75, 3.05) is 18.4 Å². The summed E-state index contributed by atoms with van der Waals surface area (Å²) < 4.78 is 8.28. The van der Waals surface area contributed by atoms with Gasteiger partial charge in [-0.15, -0.1) is 0 Å². The van der Waals surface area contributed by atoms with E-state index in [1.54, 1.807) is 4.90 Å². The number of anilines is 1. The predicted octanol–water partition coefficient (Wildman–Crippen LogP) is 6.46. The van der Waals surface area contributed by atoms with Gasteiger partial charge < -0.3 is 24.4 Å². The monoisotopic (exact) mass is 522 g/mol. The Balaban J connectivity index is 1.39. The molecule has 200 valence electrons. The number of fused-ring (bicyclic) bond motifs is 1. The molecule has 7 heteroatoms. The van der Waals surface area contributed by atoms with Gasteiger partial charge in [-0.2, -0.15) is 0 Å². The Morgan fingerprint density at radius 3 is 2.41 bits per heavy atom. The molecule has 1 aromatic heterocycles. The lowest BCUT2D eigenvalue weighted by molar-refractivity contribution is -0.134. The zero-order chi connectivity index (χ0) is 27.4. The Labute approximate surface area is 229 Å². The van der Waals surface area contributed by atoms with Crippen molar-refractivity contribution in [1.82, 2.24) is 14.4 Å². The van der Waals surface area contributed by atoms with Crippen LogP contribution in [0, 0.1) is 6.92 Å². The summed E-state index contributed by atoms with van der Waals surface area (Å²) in [7, 11) is 0. The smallest absolute Gasteiger partial charge is 0.322 e. The number of hydrogen-bond acceptors (Lipinski definition) is 3. The van der Waals surface area contributed by atoms with Gasteiger partial charge in [-0.1, -0.05) is 48.0 Å². The molecule has 39 heavy (non-hydrogen) atoms. The lowest BCUT2D eigenvalue weighted by Gasteiger charge is -2.39. The van der Waals surface area contributed by atoms with Gasteiger partial charge in [0.1, 0.15) is 18.0 Å². The van der Waals surface area contributed by atoms with Crippen molar-refractivity contribution in [2.24, 2.45) is 0 Å². The van der Waals surface area contributed by atoms with E-state index in [2.05, 4.69) is 16.0 Å². The Morgan fingerprint density at radius 2 is 1.67 bits per heavy atom. The van der Waals surface area contributed by atoms with E-state index in [1.807, 2.05) is 117 Å². The Bertz CT molecular complexity index is 1430. The molecule has 0 aliphatic carbocycles. The molecule has 1 N–H and O–H groups in total. The van der Waals surface area contributed by atoms with Gasteiger partial charge in [0, 0.05) is 36.7 Å². The number of carbonyl (C=O) groups excluding carboxylic acids is 2. The van der Waals surface area contributed by atoms with Gasteiger partial charge in [-0.25, -0.2) is 4.79 Å². The molecular weight excluding hydrogens is 488 g/mol. The third kappa shape index (κ3) is 5.98. The number of hydrogen-bond donors (Lipinski definition) is 1. The fraction of sp³-hybridized carbons (Fsp3) is 0.250. The van der Waals surface area contributed by atoms with Gasteiger partial charge >= 0.3 is 6.03 Å².